The zero-order chi connectivity index (χ0) is 15.3. The maximum absolute atomic E-state index is 12.1. The average Bonchev–Trinajstić information content (AvgIpc) is 2.37. The molecular weight excluding hydrogens is 280 g/mol. The molecule has 5 nitrogen and oxygen atoms in total. The van der Waals surface area contributed by atoms with Gasteiger partial charge in [-0.05, 0) is 38.0 Å². The minimum atomic E-state index is -3.53. The number of sulfone groups is 1. The van der Waals surface area contributed by atoms with Gasteiger partial charge >= 0.3 is 5.97 Å². The highest BCUT2D eigenvalue weighted by molar-refractivity contribution is 7.91. The fourth-order valence-electron chi connectivity index (χ4n) is 1.77. The number of hydrogen-bond acceptors (Lipinski definition) is 4. The van der Waals surface area contributed by atoms with Gasteiger partial charge in [0.1, 0.15) is 0 Å². The van der Waals surface area contributed by atoms with Gasteiger partial charge in [0, 0.05) is 0 Å². The number of benzene rings is 1. The third-order valence-electron chi connectivity index (χ3n) is 2.86. The summed E-state index contributed by atoms with van der Waals surface area (Å²) in [4.78, 5) is 11.2. The van der Waals surface area contributed by atoms with Gasteiger partial charge in [0.05, 0.1) is 28.9 Å². The molecule has 112 valence electrons. The Morgan fingerprint density at radius 2 is 2.00 bits per heavy atom. The largest absolute Gasteiger partial charge is 0.478 e. The van der Waals surface area contributed by atoms with Crippen molar-refractivity contribution < 1.29 is 23.1 Å². The SMILES string of the molecule is CCc1ccc(S(=O)(=O)CCOC(C)C)cc1C(=O)O. The fraction of sp³-hybridized carbons (Fsp3) is 0.500. The molecule has 0 amide bonds. The maximum Gasteiger partial charge on any atom is 0.336 e. The highest BCUT2D eigenvalue weighted by Gasteiger charge is 2.18. The quantitative estimate of drug-likeness (QED) is 0.834. The molecule has 0 saturated carbocycles. The van der Waals surface area contributed by atoms with Gasteiger partial charge in [0.25, 0.3) is 0 Å². The van der Waals surface area contributed by atoms with Crippen molar-refractivity contribution in [2.24, 2.45) is 0 Å². The Hall–Kier alpha value is -1.40. The molecular formula is C14H20O5S. The van der Waals surface area contributed by atoms with Crippen LogP contribution in [0.4, 0.5) is 0 Å². The average molecular weight is 300 g/mol. The van der Waals surface area contributed by atoms with Crippen LogP contribution < -0.4 is 0 Å². The number of ether oxygens (including phenoxy) is 1. The van der Waals surface area contributed by atoms with Crippen LogP contribution in [0.2, 0.25) is 0 Å². The number of carboxylic acid groups (broad SMARTS) is 1. The van der Waals surface area contributed by atoms with Crippen molar-refractivity contribution >= 4 is 15.8 Å². The summed E-state index contributed by atoms with van der Waals surface area (Å²) in [5.74, 6) is -1.27. The third-order valence-corrected chi connectivity index (χ3v) is 4.53. The van der Waals surface area contributed by atoms with Crippen molar-refractivity contribution in [3.05, 3.63) is 29.3 Å². The molecule has 0 atom stereocenters. The summed E-state index contributed by atoms with van der Waals surface area (Å²) in [5, 5.41) is 9.12. The summed E-state index contributed by atoms with van der Waals surface area (Å²) in [5.41, 5.74) is 0.660. The Morgan fingerprint density at radius 3 is 2.50 bits per heavy atom. The predicted molar refractivity (Wildman–Crippen MR) is 75.9 cm³/mol. The van der Waals surface area contributed by atoms with Crippen LogP contribution in [-0.4, -0.2) is 38.0 Å². The first-order valence-corrected chi connectivity index (χ1v) is 8.13. The number of aryl methyl sites for hydroxylation is 1. The van der Waals surface area contributed by atoms with Gasteiger partial charge in [-0.3, -0.25) is 0 Å². The minimum absolute atomic E-state index is 0.0273. The van der Waals surface area contributed by atoms with Crippen LogP contribution in [0, 0.1) is 0 Å². The molecule has 1 rings (SSSR count). The Labute approximate surface area is 119 Å². The zero-order valence-corrected chi connectivity index (χ0v) is 12.7. The van der Waals surface area contributed by atoms with Crippen LogP contribution in [0.15, 0.2) is 23.1 Å². The normalized spacial score (nSPS) is 11.8. The topological polar surface area (TPSA) is 80.7 Å². The van der Waals surface area contributed by atoms with E-state index >= 15 is 0 Å². The van der Waals surface area contributed by atoms with E-state index in [0.29, 0.717) is 12.0 Å². The second-order valence-corrected chi connectivity index (χ2v) is 6.83. The molecule has 1 aromatic carbocycles. The predicted octanol–water partition coefficient (Wildman–Crippen LogP) is 2.15. The lowest BCUT2D eigenvalue weighted by Crippen LogP contribution is -2.16. The van der Waals surface area contributed by atoms with Crippen molar-refractivity contribution in [1.29, 1.82) is 0 Å². The summed E-state index contributed by atoms with van der Waals surface area (Å²) >= 11 is 0. The van der Waals surface area contributed by atoms with Crippen molar-refractivity contribution in [3.8, 4) is 0 Å². The van der Waals surface area contributed by atoms with Crippen LogP contribution >= 0.6 is 0 Å². The number of rotatable bonds is 7. The van der Waals surface area contributed by atoms with Crippen LogP contribution in [-0.2, 0) is 21.0 Å². The molecule has 0 spiro atoms. The van der Waals surface area contributed by atoms with Gasteiger partial charge in [-0.1, -0.05) is 13.0 Å². The van der Waals surface area contributed by atoms with Gasteiger partial charge in [-0.2, -0.15) is 0 Å². The summed E-state index contributed by atoms with van der Waals surface area (Å²) in [7, 11) is -3.53. The summed E-state index contributed by atoms with van der Waals surface area (Å²) in [6.45, 7) is 5.57. The lowest BCUT2D eigenvalue weighted by atomic mass is 10.1. The van der Waals surface area contributed by atoms with E-state index in [1.807, 2.05) is 20.8 Å². The van der Waals surface area contributed by atoms with E-state index in [-0.39, 0.29) is 28.9 Å². The first-order valence-electron chi connectivity index (χ1n) is 6.48. The number of carbonyl (C=O) groups is 1. The second kappa shape index (κ2) is 6.85. The minimum Gasteiger partial charge on any atom is -0.478 e. The monoisotopic (exact) mass is 300 g/mol. The standard InChI is InChI=1S/C14H20O5S/c1-4-11-5-6-12(9-13(11)14(15)16)20(17,18)8-7-19-10(2)3/h5-6,9-10H,4,7-8H2,1-3H3,(H,15,16). The first kappa shape index (κ1) is 16.7. The van der Waals surface area contributed by atoms with Crippen molar-refractivity contribution in [2.75, 3.05) is 12.4 Å². The van der Waals surface area contributed by atoms with E-state index in [1.54, 1.807) is 6.07 Å². The fourth-order valence-corrected chi connectivity index (χ4v) is 2.89. The van der Waals surface area contributed by atoms with E-state index < -0.39 is 15.8 Å². The Morgan fingerprint density at radius 1 is 1.35 bits per heavy atom. The molecule has 0 aromatic heterocycles. The molecule has 0 aliphatic carbocycles. The molecule has 0 radical (unpaired) electrons. The van der Waals surface area contributed by atoms with Crippen LogP contribution in [0.3, 0.4) is 0 Å². The van der Waals surface area contributed by atoms with Crippen molar-refractivity contribution in [2.45, 2.75) is 38.2 Å². The first-order chi connectivity index (χ1) is 9.27. The highest BCUT2D eigenvalue weighted by atomic mass is 32.2. The lowest BCUT2D eigenvalue weighted by molar-refractivity contribution is 0.0695. The second-order valence-electron chi connectivity index (χ2n) is 4.72. The Bertz CT molecular complexity index is 575. The van der Waals surface area contributed by atoms with Crippen molar-refractivity contribution in [1.82, 2.24) is 0 Å². The summed E-state index contributed by atoms with van der Waals surface area (Å²) < 4.78 is 29.5. The number of aromatic carboxylic acids is 1. The van der Waals surface area contributed by atoms with Gasteiger partial charge in [0.2, 0.25) is 0 Å². The van der Waals surface area contributed by atoms with Crippen LogP contribution in [0.1, 0.15) is 36.7 Å². The summed E-state index contributed by atoms with van der Waals surface area (Å²) in [6, 6.07) is 4.24. The van der Waals surface area contributed by atoms with Gasteiger partial charge in [-0.15, -0.1) is 0 Å². The van der Waals surface area contributed by atoms with Gasteiger partial charge < -0.3 is 9.84 Å². The van der Waals surface area contributed by atoms with Gasteiger partial charge in [-0.25, -0.2) is 13.2 Å². The van der Waals surface area contributed by atoms with E-state index in [9.17, 15) is 13.2 Å². The molecule has 1 aromatic rings. The molecule has 0 aliphatic heterocycles. The number of carboxylic acids is 1. The maximum atomic E-state index is 12.1. The highest BCUT2D eigenvalue weighted by Crippen LogP contribution is 2.18. The summed E-state index contributed by atoms with van der Waals surface area (Å²) in [6.07, 6.45) is 0.501. The molecule has 20 heavy (non-hydrogen) atoms. The van der Waals surface area contributed by atoms with Crippen LogP contribution in [0.5, 0.6) is 0 Å². The smallest absolute Gasteiger partial charge is 0.336 e. The van der Waals surface area contributed by atoms with Gasteiger partial charge in [0.15, 0.2) is 9.84 Å². The zero-order valence-electron chi connectivity index (χ0n) is 11.9. The molecule has 0 saturated heterocycles. The Balaban J connectivity index is 3.01. The molecule has 6 heteroatoms. The molecule has 0 fully saturated rings. The lowest BCUT2D eigenvalue weighted by Gasteiger charge is -2.10. The molecule has 0 unspecified atom stereocenters. The number of hydrogen-bond donors (Lipinski definition) is 1. The third kappa shape index (κ3) is 4.31. The Kier molecular flexibility index (Phi) is 5.71. The molecule has 1 N–H and O–H groups in total. The van der Waals surface area contributed by atoms with E-state index in [2.05, 4.69) is 0 Å². The van der Waals surface area contributed by atoms with Crippen molar-refractivity contribution in [3.63, 3.8) is 0 Å². The molecule has 0 aliphatic rings. The van der Waals surface area contributed by atoms with Crippen LogP contribution in [0.25, 0.3) is 0 Å². The van der Waals surface area contributed by atoms with E-state index in [1.165, 1.54) is 12.1 Å². The molecule has 0 bridgehead atoms. The van der Waals surface area contributed by atoms with E-state index in [4.69, 9.17) is 9.84 Å². The molecule has 0 heterocycles. The van der Waals surface area contributed by atoms with E-state index in [0.717, 1.165) is 0 Å².